The molecule has 12 heteroatoms. The Kier molecular flexibility index (Phi) is 19.1. The van der Waals surface area contributed by atoms with Gasteiger partial charge in [-0.15, -0.1) is 0 Å². The highest BCUT2D eigenvalue weighted by atomic mass is 16.6. The van der Waals surface area contributed by atoms with Gasteiger partial charge in [-0.1, -0.05) is 239 Å². The third-order valence-corrected chi connectivity index (χ3v) is 27.1. The first-order valence-corrected chi connectivity index (χ1v) is 41.7. The number of benzene rings is 11. The lowest BCUT2D eigenvalue weighted by Crippen LogP contribution is -2.63. The van der Waals surface area contributed by atoms with Gasteiger partial charge in [0.05, 0.1) is 11.1 Å². The molecule has 4 fully saturated rings. The number of hydrogen-bond donors (Lipinski definition) is 0. The van der Waals surface area contributed by atoms with Crippen LogP contribution in [0.1, 0.15) is 153 Å². The normalized spacial score (nSPS) is 19.3. The van der Waals surface area contributed by atoms with Crippen LogP contribution in [0.25, 0.3) is 77.9 Å². The standard InChI is InChI=1S/2C49H50B2N2O2.C6H6/c2*1-26-19-29(4)41(30(5)20-26)37-15-13-16-38(42-31(6)21-27(2)22-32(42)7)45(37)50-47-36(11)25-35(10)44-40-18-14-17-39(43-33(8)23-28(3)24-34(43)9)46(40)51-53(49(44,47)12)52(50)48(54)55-51;1-2-4-6-5-3-1/h2*13-25,47H,1-12H3;1-6H/t2*47-,49+;/m10./s1. The van der Waals surface area contributed by atoms with Crippen LogP contribution in [0.4, 0.5) is 9.59 Å². The SMILES string of the molecule is CC1=CC(C)=C2c3cccc(-c4c(C)cc(C)cc4C)c3B3OC(=O)N4B(c5c(-c6c(C)cc(C)cc6C)cccc5-c5c(C)cc(C)cc5C)[C@@H]1[C@]2(C)N34.CC1=CC(C)=C2c3cccc(-c4c(C)cc(C)cc4C)c3B3OC(=O)N4B(c5c(-c6c(C)cc(C)cc6C)cccc5-c5c(C)cc(C)cc5C)[C@H]1[C@@]2(C)N34.c1ccccc1. The van der Waals surface area contributed by atoms with Crippen LogP contribution in [0.5, 0.6) is 0 Å². The molecule has 11 aromatic carbocycles. The number of aryl methyl sites for hydroxylation is 18. The van der Waals surface area contributed by atoms with Crippen LogP contribution in [0.15, 0.2) is 216 Å². The predicted molar refractivity (Wildman–Crippen MR) is 489 cm³/mol. The third-order valence-electron chi connectivity index (χ3n) is 27.1. The summed E-state index contributed by atoms with van der Waals surface area (Å²) in [4.78, 5) is 38.8. The largest absolute Gasteiger partial charge is 0.509 e. The third kappa shape index (κ3) is 11.7. The van der Waals surface area contributed by atoms with E-state index in [9.17, 15) is 0 Å². The Bertz CT molecular complexity index is 5560. The molecule has 116 heavy (non-hydrogen) atoms. The number of allylic oxidation sites excluding steroid dienone is 4. The smallest absolute Gasteiger partial charge is 0.498 e. The van der Waals surface area contributed by atoms with Gasteiger partial charge in [0.25, 0.3) is 0 Å². The molecule has 0 N–H and O–H groups in total. The van der Waals surface area contributed by atoms with Crippen LogP contribution in [-0.2, 0) is 9.31 Å². The van der Waals surface area contributed by atoms with Crippen molar-refractivity contribution in [1.82, 2.24) is 19.7 Å². The Balaban J connectivity index is 0.000000155. The second-order valence-corrected chi connectivity index (χ2v) is 35.7. The summed E-state index contributed by atoms with van der Waals surface area (Å²) in [5.74, 6) is -0.0588. The molecule has 0 spiro atoms. The van der Waals surface area contributed by atoms with Crippen LogP contribution in [0.3, 0.4) is 0 Å². The molecule has 578 valence electrons. The average Bonchev–Trinajstić information content (AvgIpc) is 1.50. The van der Waals surface area contributed by atoms with Crippen LogP contribution in [0.2, 0.25) is 11.6 Å². The van der Waals surface area contributed by atoms with E-state index in [-0.39, 0.29) is 37.5 Å². The van der Waals surface area contributed by atoms with Crippen molar-refractivity contribution in [2.45, 2.75) is 189 Å². The molecular weight excluding hydrogens is 1410 g/mol. The Morgan fingerprint density at radius 3 is 0.690 bits per heavy atom. The molecule has 2 aliphatic carbocycles. The first kappa shape index (κ1) is 77.7. The summed E-state index contributed by atoms with van der Waals surface area (Å²) >= 11 is 0. The first-order valence-electron chi connectivity index (χ1n) is 41.7. The van der Waals surface area contributed by atoms with Crippen molar-refractivity contribution in [2.24, 2.45) is 0 Å². The summed E-state index contributed by atoms with van der Waals surface area (Å²) in [7, 11) is -1.14. The van der Waals surface area contributed by atoms with Crippen molar-refractivity contribution in [3.05, 3.63) is 328 Å². The van der Waals surface area contributed by atoms with Gasteiger partial charge >= 0.3 is 40.0 Å². The van der Waals surface area contributed by atoms with Gasteiger partial charge in [0.1, 0.15) is 0 Å². The summed E-state index contributed by atoms with van der Waals surface area (Å²) in [6, 6.07) is 66.4. The number of amides is 2. The number of carbonyl (C=O) groups excluding carboxylic acids is 2. The lowest BCUT2D eigenvalue weighted by molar-refractivity contribution is 0.138. The summed E-state index contributed by atoms with van der Waals surface area (Å²) in [6.07, 6.45) is 4.22. The predicted octanol–water partition coefficient (Wildman–Crippen LogP) is 22.9. The van der Waals surface area contributed by atoms with Gasteiger partial charge in [-0.05, 0) is 355 Å². The zero-order valence-corrected chi connectivity index (χ0v) is 72.4. The van der Waals surface area contributed by atoms with Crippen molar-refractivity contribution < 1.29 is 18.9 Å². The second-order valence-electron chi connectivity index (χ2n) is 35.7. The molecule has 0 saturated carbocycles. The van der Waals surface area contributed by atoms with Gasteiger partial charge < -0.3 is 9.31 Å². The van der Waals surface area contributed by atoms with Gasteiger partial charge in [0.2, 0.25) is 0 Å². The molecule has 8 aliphatic rings. The van der Waals surface area contributed by atoms with E-state index in [0.29, 0.717) is 0 Å². The van der Waals surface area contributed by atoms with E-state index in [1.165, 1.54) is 211 Å². The summed E-state index contributed by atoms with van der Waals surface area (Å²) in [5.41, 5.74) is 50.2. The minimum Gasteiger partial charge on any atom is -0.498 e. The van der Waals surface area contributed by atoms with Crippen molar-refractivity contribution in [1.29, 1.82) is 0 Å². The number of nitrogens with zero attached hydrogens (tertiary/aromatic N) is 4. The zero-order valence-electron chi connectivity index (χ0n) is 72.4. The van der Waals surface area contributed by atoms with E-state index >= 15 is 9.59 Å². The van der Waals surface area contributed by atoms with Crippen molar-refractivity contribution in [3.63, 3.8) is 0 Å². The van der Waals surface area contributed by atoms with Gasteiger partial charge in [-0.2, -0.15) is 0 Å². The number of rotatable bonds is 8. The van der Waals surface area contributed by atoms with Crippen LogP contribution in [-0.4, -0.2) is 70.7 Å². The van der Waals surface area contributed by atoms with Crippen molar-refractivity contribution >= 4 is 73.0 Å². The maximum absolute atomic E-state index is 15.0. The van der Waals surface area contributed by atoms with Gasteiger partial charge in [-0.25, -0.2) is 19.4 Å². The Morgan fingerprint density at radius 2 is 0.474 bits per heavy atom. The fourth-order valence-electron chi connectivity index (χ4n) is 24.2. The topological polar surface area (TPSA) is 65.6 Å². The monoisotopic (exact) mass is 1520 g/mol. The molecule has 6 aliphatic heterocycles. The first-order chi connectivity index (χ1) is 55.3. The molecular formula is C104H106B4N4O4. The van der Waals surface area contributed by atoms with E-state index in [2.05, 4.69) is 334 Å². The highest BCUT2D eigenvalue weighted by Crippen LogP contribution is 2.63. The summed E-state index contributed by atoms with van der Waals surface area (Å²) in [5, 5.41) is 0. The van der Waals surface area contributed by atoms with E-state index < -0.39 is 25.2 Å². The molecule has 0 unspecified atom stereocenters. The molecule has 0 radical (unpaired) electrons. The molecule has 0 aromatic heterocycles. The van der Waals surface area contributed by atoms with Crippen LogP contribution < -0.4 is 21.9 Å². The Labute approximate surface area is 690 Å². The van der Waals surface area contributed by atoms with Gasteiger partial charge in [-0.3, -0.25) is 9.84 Å². The maximum atomic E-state index is 15.0. The second kappa shape index (κ2) is 28.5. The summed E-state index contributed by atoms with van der Waals surface area (Å²) in [6.45, 7) is 52.9. The molecule has 2 amide bonds. The van der Waals surface area contributed by atoms with Gasteiger partial charge in [0.15, 0.2) is 0 Å². The fourth-order valence-corrected chi connectivity index (χ4v) is 24.2. The number of fused-ring (bicyclic) bond motifs is 6. The number of hydrogen-bond acceptors (Lipinski definition) is 6. The number of carbonyl (C=O) groups is 2. The van der Waals surface area contributed by atoms with E-state index in [0.717, 1.165) is 22.1 Å². The minimum atomic E-state index is -0.569. The Hall–Kier alpha value is -10.9. The van der Waals surface area contributed by atoms with Gasteiger partial charge in [0, 0.05) is 11.6 Å². The molecule has 4 saturated heterocycles. The lowest BCUT2D eigenvalue weighted by Gasteiger charge is -2.49. The summed E-state index contributed by atoms with van der Waals surface area (Å²) < 4.78 is 13.5. The highest BCUT2D eigenvalue weighted by Gasteiger charge is 2.75. The molecule has 6 heterocycles. The lowest BCUT2D eigenvalue weighted by atomic mass is 9.37. The van der Waals surface area contributed by atoms with Crippen LogP contribution >= 0.6 is 0 Å². The van der Waals surface area contributed by atoms with E-state index in [1.807, 2.05) is 46.2 Å². The Morgan fingerprint density at radius 1 is 0.276 bits per heavy atom. The van der Waals surface area contributed by atoms with E-state index in [1.54, 1.807) is 0 Å². The number of hydrazine groups is 2. The molecule has 0 bridgehead atoms. The van der Waals surface area contributed by atoms with Crippen LogP contribution in [0, 0.1) is 125 Å². The minimum absolute atomic E-state index is 0.0294. The quantitative estimate of drug-likeness (QED) is 0.141. The molecule has 4 atom stereocenters. The average molecular weight is 1520 g/mol. The van der Waals surface area contributed by atoms with E-state index in [4.69, 9.17) is 9.31 Å². The van der Waals surface area contributed by atoms with Crippen molar-refractivity contribution in [3.8, 4) is 66.8 Å². The maximum Gasteiger partial charge on any atom is 0.509 e. The highest BCUT2D eigenvalue weighted by molar-refractivity contribution is 6.84. The fraction of sp³-hybridized carbons (Fsp3) is 0.269. The molecule has 11 aromatic rings. The zero-order chi connectivity index (χ0) is 82.2. The molecule has 8 nitrogen and oxygen atoms in total. The van der Waals surface area contributed by atoms with Crippen molar-refractivity contribution in [2.75, 3.05) is 0 Å². The molecule has 19 rings (SSSR count).